The lowest BCUT2D eigenvalue weighted by Crippen LogP contribution is -2.51. The standard InChI is InChI=1S/C22H38O2/c1-4-22(24)12-10-16-15(13-22)5-6-18-17(16)9-11-21(3)19(14(2)23)7-8-20(18)21/h14-20,23-24H,4-13H2,1-3H3/t14?,15-,16+,17-,18-,19-,20+,21-,22+/m1/s1. The summed E-state index contributed by atoms with van der Waals surface area (Å²) in [4.78, 5) is 0. The van der Waals surface area contributed by atoms with Gasteiger partial charge in [0.25, 0.3) is 0 Å². The molecular weight excluding hydrogens is 296 g/mol. The van der Waals surface area contributed by atoms with Crippen LogP contribution in [-0.4, -0.2) is 21.9 Å². The Morgan fingerprint density at radius 1 is 0.958 bits per heavy atom. The number of hydrogen-bond acceptors (Lipinski definition) is 2. The molecule has 0 heterocycles. The zero-order valence-corrected chi connectivity index (χ0v) is 16.0. The molecule has 4 rings (SSSR count). The average molecular weight is 335 g/mol. The summed E-state index contributed by atoms with van der Waals surface area (Å²) in [5.41, 5.74) is 0.0307. The SMILES string of the molecule is CC[C@]1(O)CC[C@H]2[C@H](CC[C@@H]3[C@@H]2CC[C@]2(C)[C@@H](C(C)O)CC[C@@H]32)C1. The Morgan fingerprint density at radius 2 is 1.71 bits per heavy atom. The van der Waals surface area contributed by atoms with Crippen LogP contribution in [-0.2, 0) is 0 Å². The molecule has 0 aromatic heterocycles. The van der Waals surface area contributed by atoms with Gasteiger partial charge in [0.05, 0.1) is 11.7 Å². The van der Waals surface area contributed by atoms with Gasteiger partial charge in [-0.1, -0.05) is 13.8 Å². The smallest absolute Gasteiger partial charge is 0.0648 e. The van der Waals surface area contributed by atoms with E-state index in [1.165, 1.54) is 44.9 Å². The Bertz CT molecular complexity index is 475. The highest BCUT2D eigenvalue weighted by atomic mass is 16.3. The highest BCUT2D eigenvalue weighted by Gasteiger charge is 2.58. The predicted octanol–water partition coefficient (Wildman–Crippen LogP) is 4.78. The van der Waals surface area contributed by atoms with Gasteiger partial charge in [-0.05, 0) is 112 Å². The van der Waals surface area contributed by atoms with Gasteiger partial charge in [0.15, 0.2) is 0 Å². The van der Waals surface area contributed by atoms with Crippen molar-refractivity contribution >= 4 is 0 Å². The van der Waals surface area contributed by atoms with Crippen molar-refractivity contribution in [3.8, 4) is 0 Å². The van der Waals surface area contributed by atoms with Crippen LogP contribution in [0.4, 0.5) is 0 Å². The first kappa shape index (κ1) is 17.3. The molecule has 4 aliphatic carbocycles. The molecule has 2 nitrogen and oxygen atoms in total. The Morgan fingerprint density at radius 3 is 2.42 bits per heavy atom. The molecule has 0 amide bonds. The molecule has 0 spiro atoms. The second kappa shape index (κ2) is 5.98. The summed E-state index contributed by atoms with van der Waals surface area (Å²) in [5, 5.41) is 21.1. The van der Waals surface area contributed by atoms with Crippen molar-refractivity contribution in [3.05, 3.63) is 0 Å². The van der Waals surface area contributed by atoms with Crippen molar-refractivity contribution in [3.63, 3.8) is 0 Å². The van der Waals surface area contributed by atoms with Gasteiger partial charge in [-0.2, -0.15) is 0 Å². The highest BCUT2D eigenvalue weighted by molar-refractivity contribution is 5.07. The second-order valence-corrected chi connectivity index (χ2v) is 10.2. The summed E-state index contributed by atoms with van der Waals surface area (Å²) in [7, 11) is 0. The Hall–Kier alpha value is -0.0800. The Labute approximate surface area is 148 Å². The van der Waals surface area contributed by atoms with E-state index in [1.807, 2.05) is 6.92 Å². The minimum absolute atomic E-state index is 0.137. The van der Waals surface area contributed by atoms with Gasteiger partial charge >= 0.3 is 0 Å². The van der Waals surface area contributed by atoms with Crippen LogP contribution >= 0.6 is 0 Å². The number of aliphatic hydroxyl groups excluding tert-OH is 1. The van der Waals surface area contributed by atoms with Crippen LogP contribution in [0.25, 0.3) is 0 Å². The molecule has 4 fully saturated rings. The summed E-state index contributed by atoms with van der Waals surface area (Å²) in [6.45, 7) is 6.68. The van der Waals surface area contributed by atoms with Gasteiger partial charge in [0.1, 0.15) is 0 Å². The third-order valence-electron chi connectivity index (χ3n) is 9.42. The maximum absolute atomic E-state index is 10.8. The normalized spacial score (nSPS) is 55.4. The Balaban J connectivity index is 1.53. The summed E-state index contributed by atoms with van der Waals surface area (Å²) < 4.78 is 0. The van der Waals surface area contributed by atoms with Gasteiger partial charge in [0, 0.05) is 0 Å². The maximum atomic E-state index is 10.8. The lowest BCUT2D eigenvalue weighted by molar-refractivity contribution is -0.112. The van der Waals surface area contributed by atoms with Crippen LogP contribution in [0.5, 0.6) is 0 Å². The number of hydrogen-bond donors (Lipinski definition) is 2. The fraction of sp³-hybridized carbons (Fsp3) is 1.00. The fourth-order valence-corrected chi connectivity index (χ4v) is 8.12. The zero-order valence-electron chi connectivity index (χ0n) is 16.0. The van der Waals surface area contributed by atoms with E-state index in [2.05, 4.69) is 13.8 Å². The molecule has 9 atom stereocenters. The minimum atomic E-state index is -0.359. The van der Waals surface area contributed by atoms with Crippen molar-refractivity contribution in [1.82, 2.24) is 0 Å². The maximum Gasteiger partial charge on any atom is 0.0648 e. The summed E-state index contributed by atoms with van der Waals surface area (Å²) in [5.74, 6) is 4.85. The predicted molar refractivity (Wildman–Crippen MR) is 97.5 cm³/mol. The molecule has 1 unspecified atom stereocenters. The second-order valence-electron chi connectivity index (χ2n) is 10.2. The topological polar surface area (TPSA) is 40.5 Å². The number of rotatable bonds is 2. The van der Waals surface area contributed by atoms with E-state index in [4.69, 9.17) is 0 Å². The van der Waals surface area contributed by atoms with E-state index in [-0.39, 0.29) is 11.7 Å². The quantitative estimate of drug-likeness (QED) is 0.763. The molecule has 0 aromatic rings. The van der Waals surface area contributed by atoms with E-state index >= 15 is 0 Å². The van der Waals surface area contributed by atoms with Crippen LogP contribution in [0.15, 0.2) is 0 Å². The molecule has 0 aromatic carbocycles. The van der Waals surface area contributed by atoms with Crippen LogP contribution in [0.3, 0.4) is 0 Å². The van der Waals surface area contributed by atoms with Crippen molar-refractivity contribution in [2.75, 3.05) is 0 Å². The van der Waals surface area contributed by atoms with Gasteiger partial charge in [-0.15, -0.1) is 0 Å². The average Bonchev–Trinajstić information content (AvgIpc) is 2.91. The first-order valence-corrected chi connectivity index (χ1v) is 10.8. The van der Waals surface area contributed by atoms with Crippen molar-refractivity contribution in [2.24, 2.45) is 40.9 Å². The monoisotopic (exact) mass is 334 g/mol. The molecule has 0 bridgehead atoms. The largest absolute Gasteiger partial charge is 0.393 e. The molecule has 4 saturated carbocycles. The van der Waals surface area contributed by atoms with Crippen LogP contribution < -0.4 is 0 Å². The van der Waals surface area contributed by atoms with Crippen molar-refractivity contribution in [1.29, 1.82) is 0 Å². The fourth-order valence-electron chi connectivity index (χ4n) is 8.12. The van der Waals surface area contributed by atoms with E-state index in [9.17, 15) is 10.2 Å². The molecular formula is C22H38O2. The highest BCUT2D eigenvalue weighted by Crippen LogP contribution is 2.65. The minimum Gasteiger partial charge on any atom is -0.393 e. The van der Waals surface area contributed by atoms with Crippen molar-refractivity contribution < 1.29 is 10.2 Å². The van der Waals surface area contributed by atoms with E-state index in [1.54, 1.807) is 0 Å². The van der Waals surface area contributed by atoms with Gasteiger partial charge in [0.2, 0.25) is 0 Å². The zero-order chi connectivity index (χ0) is 17.1. The lowest BCUT2D eigenvalue weighted by Gasteiger charge is -2.57. The molecule has 0 saturated heterocycles. The molecule has 2 heteroatoms. The summed E-state index contributed by atoms with van der Waals surface area (Å²) in [6, 6.07) is 0. The number of fused-ring (bicyclic) bond motifs is 5. The van der Waals surface area contributed by atoms with Crippen molar-refractivity contribution in [2.45, 2.75) is 96.7 Å². The lowest BCUT2D eigenvalue weighted by atomic mass is 9.48. The summed E-state index contributed by atoms with van der Waals surface area (Å²) >= 11 is 0. The molecule has 138 valence electrons. The number of aliphatic hydroxyl groups is 2. The first-order valence-electron chi connectivity index (χ1n) is 10.8. The third-order valence-corrected chi connectivity index (χ3v) is 9.42. The van der Waals surface area contributed by atoms with Gasteiger partial charge < -0.3 is 10.2 Å². The van der Waals surface area contributed by atoms with Gasteiger partial charge in [-0.3, -0.25) is 0 Å². The molecule has 0 aliphatic heterocycles. The van der Waals surface area contributed by atoms with Crippen LogP contribution in [0.2, 0.25) is 0 Å². The van der Waals surface area contributed by atoms with Gasteiger partial charge in [-0.25, -0.2) is 0 Å². The van der Waals surface area contributed by atoms with E-state index < -0.39 is 0 Å². The molecule has 0 radical (unpaired) electrons. The Kier molecular flexibility index (Phi) is 4.32. The molecule has 4 aliphatic rings. The summed E-state index contributed by atoms with van der Waals surface area (Å²) in [6.07, 6.45) is 12.2. The van der Waals surface area contributed by atoms with Crippen LogP contribution in [0.1, 0.15) is 85.0 Å². The van der Waals surface area contributed by atoms with E-state index in [0.29, 0.717) is 11.3 Å². The van der Waals surface area contributed by atoms with E-state index in [0.717, 1.165) is 48.9 Å². The van der Waals surface area contributed by atoms with Crippen LogP contribution in [0, 0.1) is 40.9 Å². The molecule has 2 N–H and O–H groups in total. The third kappa shape index (κ3) is 2.50. The molecule has 24 heavy (non-hydrogen) atoms. The first-order chi connectivity index (χ1) is 11.4.